The van der Waals surface area contributed by atoms with Gasteiger partial charge in [0.1, 0.15) is 23.7 Å². The zero-order chi connectivity index (χ0) is 13.1. The Bertz CT molecular complexity index is 606. The Morgan fingerprint density at radius 1 is 1.50 bits per heavy atom. The normalized spacial score (nSPS) is 12.6. The van der Waals surface area contributed by atoms with E-state index >= 15 is 0 Å². The number of nitrogens with zero attached hydrogens (tertiary/aromatic N) is 1. The van der Waals surface area contributed by atoms with Gasteiger partial charge in [-0.15, -0.1) is 6.42 Å². The summed E-state index contributed by atoms with van der Waals surface area (Å²) in [7, 11) is 1.80. The van der Waals surface area contributed by atoms with E-state index in [1.54, 1.807) is 11.9 Å². The molecule has 0 aliphatic rings. The summed E-state index contributed by atoms with van der Waals surface area (Å²) in [6.07, 6.45) is 6.11. The third kappa shape index (κ3) is 2.29. The van der Waals surface area contributed by atoms with Crippen LogP contribution in [0.3, 0.4) is 0 Å². The predicted molar refractivity (Wildman–Crippen MR) is 71.2 cm³/mol. The lowest BCUT2D eigenvalue weighted by molar-refractivity contribution is -0.112. The molecule has 0 amide bonds. The molecule has 3 heteroatoms. The molecule has 0 radical (unpaired) electrons. The number of rotatable bonds is 4. The summed E-state index contributed by atoms with van der Waals surface area (Å²) in [4.78, 5) is 13.0. The average molecular weight is 241 g/mol. The van der Waals surface area contributed by atoms with Crippen LogP contribution < -0.4 is 0 Å². The molecule has 1 aromatic heterocycles. The Hall–Kier alpha value is -2.05. The lowest BCUT2D eigenvalue weighted by atomic mass is 10.1. The van der Waals surface area contributed by atoms with Gasteiger partial charge in [-0.25, -0.2) is 0 Å². The van der Waals surface area contributed by atoms with Crippen LogP contribution in [-0.2, 0) is 4.79 Å². The highest BCUT2D eigenvalue weighted by atomic mass is 16.3. The van der Waals surface area contributed by atoms with E-state index in [4.69, 9.17) is 10.8 Å². The number of carbonyl (C=O) groups excluding carboxylic acids is 1. The lowest BCUT2D eigenvalue weighted by Crippen LogP contribution is -2.25. The minimum atomic E-state index is -0.436. The van der Waals surface area contributed by atoms with Gasteiger partial charge in [0.25, 0.3) is 0 Å². The van der Waals surface area contributed by atoms with Crippen molar-refractivity contribution in [2.75, 3.05) is 13.6 Å². The van der Waals surface area contributed by atoms with Crippen LogP contribution in [0.5, 0.6) is 0 Å². The van der Waals surface area contributed by atoms with Crippen molar-refractivity contribution >= 4 is 17.3 Å². The van der Waals surface area contributed by atoms with Gasteiger partial charge in [-0.2, -0.15) is 0 Å². The van der Waals surface area contributed by atoms with E-state index in [-0.39, 0.29) is 0 Å². The van der Waals surface area contributed by atoms with Gasteiger partial charge in [0.15, 0.2) is 0 Å². The molecule has 0 fully saturated rings. The average Bonchev–Trinajstić information content (AvgIpc) is 2.72. The molecule has 1 heterocycles. The molecule has 18 heavy (non-hydrogen) atoms. The predicted octanol–water partition coefficient (Wildman–Crippen LogP) is 2.55. The van der Waals surface area contributed by atoms with Gasteiger partial charge >= 0.3 is 0 Å². The van der Waals surface area contributed by atoms with Gasteiger partial charge in [0, 0.05) is 5.39 Å². The first-order valence-electron chi connectivity index (χ1n) is 5.75. The van der Waals surface area contributed by atoms with Crippen molar-refractivity contribution in [3.8, 4) is 12.3 Å². The number of terminal acetylenes is 1. The lowest BCUT2D eigenvalue weighted by Gasteiger charge is -2.18. The second-order valence-electron chi connectivity index (χ2n) is 4.39. The number of likely N-dealkylation sites (N-methyl/N-ethyl adjacent to an activating group) is 1. The smallest absolute Gasteiger partial charge is 0.144 e. The number of aryl methyl sites for hydroxylation is 1. The van der Waals surface area contributed by atoms with Gasteiger partial charge in [0.05, 0.1) is 6.54 Å². The summed E-state index contributed by atoms with van der Waals surface area (Å²) in [5, 5.41) is 0.997. The first-order valence-corrected chi connectivity index (χ1v) is 5.75. The fraction of sp³-hybridized carbons (Fsp3) is 0.267. The maximum atomic E-state index is 11.2. The number of furan rings is 1. The van der Waals surface area contributed by atoms with Gasteiger partial charge in [-0.05, 0) is 31.7 Å². The highest BCUT2D eigenvalue weighted by Gasteiger charge is 2.19. The highest BCUT2D eigenvalue weighted by molar-refractivity contribution is 5.79. The van der Waals surface area contributed by atoms with Crippen LogP contribution in [-0.4, -0.2) is 24.8 Å². The molecule has 2 rings (SSSR count). The van der Waals surface area contributed by atoms with Crippen molar-refractivity contribution in [1.82, 2.24) is 4.90 Å². The molecule has 1 aromatic carbocycles. The van der Waals surface area contributed by atoms with E-state index in [1.807, 2.05) is 31.2 Å². The molecule has 0 saturated carbocycles. The number of carbonyl (C=O) groups is 1. The minimum Gasteiger partial charge on any atom is -0.459 e. The zero-order valence-electron chi connectivity index (χ0n) is 10.5. The van der Waals surface area contributed by atoms with E-state index in [0.29, 0.717) is 12.3 Å². The zero-order valence-corrected chi connectivity index (χ0v) is 10.5. The fourth-order valence-corrected chi connectivity index (χ4v) is 1.94. The molecule has 1 atom stereocenters. The van der Waals surface area contributed by atoms with Crippen LogP contribution in [0.1, 0.15) is 17.4 Å². The van der Waals surface area contributed by atoms with Crippen LogP contribution >= 0.6 is 0 Å². The van der Waals surface area contributed by atoms with E-state index in [2.05, 4.69) is 5.92 Å². The summed E-state index contributed by atoms with van der Waals surface area (Å²) >= 11 is 0. The SMILES string of the molecule is C#CCN(C)C(C=O)c1cc2ccc(C)cc2o1. The number of fused-ring (bicyclic) bond motifs is 1. The number of benzene rings is 1. The van der Waals surface area contributed by atoms with Crippen molar-refractivity contribution in [3.63, 3.8) is 0 Å². The third-order valence-corrected chi connectivity index (χ3v) is 2.93. The standard InChI is InChI=1S/C15H15NO2/c1-4-7-16(3)13(10-17)15-9-12-6-5-11(2)8-14(12)18-15/h1,5-6,8-10,13H,7H2,2-3H3. The Morgan fingerprint density at radius 3 is 2.94 bits per heavy atom. The topological polar surface area (TPSA) is 33.5 Å². The first-order chi connectivity index (χ1) is 8.65. The van der Waals surface area contributed by atoms with Gasteiger partial charge in [-0.3, -0.25) is 4.90 Å². The van der Waals surface area contributed by atoms with Crippen molar-refractivity contribution in [1.29, 1.82) is 0 Å². The van der Waals surface area contributed by atoms with Crippen molar-refractivity contribution in [2.45, 2.75) is 13.0 Å². The summed E-state index contributed by atoms with van der Waals surface area (Å²) < 4.78 is 5.73. The molecule has 2 aromatic rings. The molecular formula is C15H15NO2. The monoisotopic (exact) mass is 241 g/mol. The summed E-state index contributed by atoms with van der Waals surface area (Å²) in [6, 6.07) is 7.42. The van der Waals surface area contributed by atoms with E-state index in [1.165, 1.54) is 0 Å². The molecule has 0 aliphatic heterocycles. The summed E-state index contributed by atoms with van der Waals surface area (Å²) in [5.41, 5.74) is 1.92. The molecule has 0 saturated heterocycles. The van der Waals surface area contributed by atoms with Crippen LogP contribution in [0.25, 0.3) is 11.0 Å². The largest absolute Gasteiger partial charge is 0.459 e. The maximum absolute atomic E-state index is 11.2. The molecule has 3 nitrogen and oxygen atoms in total. The third-order valence-electron chi connectivity index (χ3n) is 2.93. The number of hydrogen-bond donors (Lipinski definition) is 0. The molecule has 0 spiro atoms. The van der Waals surface area contributed by atoms with Crippen LogP contribution in [0, 0.1) is 19.3 Å². The Balaban J connectivity index is 2.40. The fourth-order valence-electron chi connectivity index (χ4n) is 1.94. The number of aldehydes is 1. The second kappa shape index (κ2) is 5.07. The van der Waals surface area contributed by atoms with Crippen molar-refractivity contribution in [2.24, 2.45) is 0 Å². The highest BCUT2D eigenvalue weighted by Crippen LogP contribution is 2.26. The molecule has 1 unspecified atom stereocenters. The summed E-state index contributed by atoms with van der Waals surface area (Å²) in [6.45, 7) is 2.41. The van der Waals surface area contributed by atoms with Gasteiger partial charge < -0.3 is 9.21 Å². The molecular weight excluding hydrogens is 226 g/mol. The Morgan fingerprint density at radius 2 is 2.28 bits per heavy atom. The molecule has 0 bridgehead atoms. The maximum Gasteiger partial charge on any atom is 0.144 e. The van der Waals surface area contributed by atoms with Crippen LogP contribution in [0.2, 0.25) is 0 Å². The van der Waals surface area contributed by atoms with Gasteiger partial charge in [-0.1, -0.05) is 18.1 Å². The second-order valence-corrected chi connectivity index (χ2v) is 4.39. The Labute approximate surface area is 106 Å². The minimum absolute atomic E-state index is 0.402. The quantitative estimate of drug-likeness (QED) is 0.609. The molecule has 92 valence electrons. The van der Waals surface area contributed by atoms with E-state index < -0.39 is 6.04 Å². The van der Waals surface area contributed by atoms with Gasteiger partial charge in [0.2, 0.25) is 0 Å². The first kappa shape index (κ1) is 12.4. The van der Waals surface area contributed by atoms with Crippen LogP contribution in [0.4, 0.5) is 0 Å². The number of hydrogen-bond acceptors (Lipinski definition) is 3. The van der Waals surface area contributed by atoms with E-state index in [9.17, 15) is 4.79 Å². The van der Waals surface area contributed by atoms with Crippen LogP contribution in [0.15, 0.2) is 28.7 Å². The van der Waals surface area contributed by atoms with Crippen molar-refractivity contribution < 1.29 is 9.21 Å². The Kier molecular flexibility index (Phi) is 3.50. The van der Waals surface area contributed by atoms with Crippen molar-refractivity contribution in [3.05, 3.63) is 35.6 Å². The molecule has 0 aliphatic carbocycles. The molecule has 0 N–H and O–H groups in total. The van der Waals surface area contributed by atoms with E-state index in [0.717, 1.165) is 22.8 Å². The summed E-state index contributed by atoms with van der Waals surface area (Å²) in [5.74, 6) is 3.15.